The van der Waals surface area contributed by atoms with Crippen molar-refractivity contribution >= 4 is 18.1 Å². The van der Waals surface area contributed by atoms with Gasteiger partial charge in [-0.15, -0.1) is 0 Å². The van der Waals surface area contributed by atoms with Gasteiger partial charge in [0.1, 0.15) is 10.7 Å². The van der Waals surface area contributed by atoms with Gasteiger partial charge in [0.2, 0.25) is 0 Å². The molecule has 0 aliphatic carbocycles. The van der Waals surface area contributed by atoms with E-state index in [-0.39, 0.29) is 27.7 Å². The van der Waals surface area contributed by atoms with Crippen molar-refractivity contribution in [3.05, 3.63) is 126 Å². The molecule has 1 amide bonds. The number of hydrogen-bond acceptors (Lipinski definition) is 6. The number of rotatable bonds is 8. The molecule has 5 rings (SSSR count). The van der Waals surface area contributed by atoms with E-state index in [1.807, 2.05) is 42.5 Å². The molecule has 1 aliphatic rings. The first-order valence-electron chi connectivity index (χ1n) is 13.8. The number of aromatic nitrogens is 2. The number of benzene rings is 3. The standard InChI is InChI=1S/C33H34N4O5/c1-36-28(18-22-8-5-4-6-9-22)32(39)35-27(33(36)40)17-23-10-7-11-25(16-23)31(38)34-13-15-37-14-12-24-19-29(41-2)30(42-3)20-26(24)21-37/h4-11,16-20H,12-15,21H2,1-3H3,(H,34,38)(H,35,39). The largest absolute Gasteiger partial charge is 0.493 e. The zero-order valence-electron chi connectivity index (χ0n) is 24.0. The van der Waals surface area contributed by atoms with Crippen molar-refractivity contribution < 1.29 is 14.3 Å². The molecule has 9 heteroatoms. The third-order valence-electron chi connectivity index (χ3n) is 7.45. The third kappa shape index (κ3) is 6.37. The monoisotopic (exact) mass is 566 g/mol. The summed E-state index contributed by atoms with van der Waals surface area (Å²) in [5.74, 6) is 1.25. The zero-order chi connectivity index (χ0) is 29.6. The van der Waals surface area contributed by atoms with Crippen LogP contribution in [0.1, 0.15) is 32.6 Å². The number of carbonyl (C=O) groups excluding carboxylic acids is 1. The van der Waals surface area contributed by atoms with Crippen LogP contribution < -0.4 is 36.6 Å². The average Bonchev–Trinajstić information content (AvgIpc) is 3.01. The van der Waals surface area contributed by atoms with Gasteiger partial charge in [-0.3, -0.25) is 19.3 Å². The summed E-state index contributed by atoms with van der Waals surface area (Å²) in [6, 6.07) is 20.4. The van der Waals surface area contributed by atoms with E-state index in [1.165, 1.54) is 15.7 Å². The number of nitrogens with one attached hydrogen (secondary N) is 2. The van der Waals surface area contributed by atoms with E-state index < -0.39 is 0 Å². The van der Waals surface area contributed by atoms with Crippen LogP contribution in [0.3, 0.4) is 0 Å². The Kier molecular flexibility index (Phi) is 8.68. The van der Waals surface area contributed by atoms with Crippen LogP contribution in [0, 0.1) is 0 Å². The molecule has 0 bridgehead atoms. The van der Waals surface area contributed by atoms with Gasteiger partial charge in [0.15, 0.2) is 11.5 Å². The number of ether oxygens (including phenoxy) is 2. The van der Waals surface area contributed by atoms with Crippen molar-refractivity contribution in [3.8, 4) is 11.5 Å². The first-order chi connectivity index (χ1) is 20.4. The highest BCUT2D eigenvalue weighted by molar-refractivity contribution is 5.94. The fraction of sp³-hybridized carbons (Fsp3) is 0.242. The molecule has 0 spiro atoms. The molecule has 0 saturated carbocycles. The lowest BCUT2D eigenvalue weighted by molar-refractivity contribution is 0.0947. The van der Waals surface area contributed by atoms with E-state index in [9.17, 15) is 14.4 Å². The maximum atomic E-state index is 13.0. The first kappa shape index (κ1) is 28.6. The van der Waals surface area contributed by atoms with Crippen LogP contribution in [-0.4, -0.2) is 54.2 Å². The van der Waals surface area contributed by atoms with Gasteiger partial charge in [-0.1, -0.05) is 42.5 Å². The normalized spacial score (nSPS) is 14.0. The number of aromatic amines is 1. The van der Waals surface area contributed by atoms with Gasteiger partial charge in [0.05, 0.1) is 14.2 Å². The Morgan fingerprint density at radius 3 is 2.38 bits per heavy atom. The molecule has 9 nitrogen and oxygen atoms in total. The van der Waals surface area contributed by atoms with E-state index >= 15 is 0 Å². The highest BCUT2D eigenvalue weighted by Gasteiger charge is 2.19. The molecule has 2 N–H and O–H groups in total. The predicted molar refractivity (Wildman–Crippen MR) is 162 cm³/mol. The molecular weight excluding hydrogens is 532 g/mol. The molecule has 3 aromatic carbocycles. The minimum Gasteiger partial charge on any atom is -0.493 e. The van der Waals surface area contributed by atoms with Gasteiger partial charge in [0, 0.05) is 38.8 Å². The van der Waals surface area contributed by atoms with Crippen LogP contribution >= 0.6 is 0 Å². The number of nitrogens with zero attached hydrogens (tertiary/aromatic N) is 2. The van der Waals surface area contributed by atoms with Gasteiger partial charge >= 0.3 is 0 Å². The topological polar surface area (TPSA) is 106 Å². The van der Waals surface area contributed by atoms with Gasteiger partial charge < -0.3 is 24.3 Å². The van der Waals surface area contributed by atoms with Gasteiger partial charge in [0.25, 0.3) is 17.0 Å². The zero-order valence-corrected chi connectivity index (χ0v) is 24.0. The minimum atomic E-state index is -0.376. The van der Waals surface area contributed by atoms with Crippen LogP contribution in [-0.2, 0) is 20.0 Å². The molecule has 2 heterocycles. The molecule has 216 valence electrons. The summed E-state index contributed by atoms with van der Waals surface area (Å²) in [5.41, 5.74) is 3.65. The lowest BCUT2D eigenvalue weighted by atomic mass is 9.99. The summed E-state index contributed by atoms with van der Waals surface area (Å²) in [5, 5.41) is 3.40. The highest BCUT2D eigenvalue weighted by Crippen LogP contribution is 2.33. The Labute approximate surface area is 243 Å². The molecule has 42 heavy (non-hydrogen) atoms. The molecular formula is C33H34N4O5. The third-order valence-corrected chi connectivity index (χ3v) is 7.45. The summed E-state index contributed by atoms with van der Waals surface area (Å²) in [6.07, 6.45) is 4.15. The molecule has 1 aromatic heterocycles. The molecule has 0 atom stereocenters. The Balaban J connectivity index is 1.26. The number of amides is 1. The number of hydrogen-bond donors (Lipinski definition) is 2. The molecule has 0 saturated heterocycles. The Morgan fingerprint density at radius 2 is 1.64 bits per heavy atom. The maximum absolute atomic E-state index is 13.0. The second-order valence-electron chi connectivity index (χ2n) is 10.2. The van der Waals surface area contributed by atoms with E-state index in [0.29, 0.717) is 30.0 Å². The van der Waals surface area contributed by atoms with Crippen molar-refractivity contribution in [1.82, 2.24) is 19.8 Å². The van der Waals surface area contributed by atoms with Crippen molar-refractivity contribution in [2.24, 2.45) is 7.05 Å². The Morgan fingerprint density at radius 1 is 0.929 bits per heavy atom. The van der Waals surface area contributed by atoms with Gasteiger partial charge in [-0.05, 0) is 65.1 Å². The molecule has 0 radical (unpaired) electrons. The van der Waals surface area contributed by atoms with Crippen molar-refractivity contribution in [2.45, 2.75) is 13.0 Å². The molecule has 4 aromatic rings. The molecule has 0 unspecified atom stereocenters. The van der Waals surface area contributed by atoms with Crippen molar-refractivity contribution in [1.29, 1.82) is 0 Å². The van der Waals surface area contributed by atoms with E-state index in [0.717, 1.165) is 30.8 Å². The Hall–Kier alpha value is -4.89. The number of H-pyrrole nitrogens is 1. The van der Waals surface area contributed by atoms with Crippen LogP contribution in [0.15, 0.2) is 76.3 Å². The minimum absolute atomic E-state index is 0.143. The van der Waals surface area contributed by atoms with Crippen LogP contribution in [0.5, 0.6) is 11.5 Å². The second kappa shape index (κ2) is 12.7. The fourth-order valence-corrected chi connectivity index (χ4v) is 5.15. The summed E-state index contributed by atoms with van der Waals surface area (Å²) < 4.78 is 12.2. The summed E-state index contributed by atoms with van der Waals surface area (Å²) in [6.45, 7) is 2.85. The number of carbonyl (C=O) groups is 1. The SMILES string of the molecule is COc1cc2c(cc1OC)CN(CCNC(=O)c1cccc(C=c3[nH]c(=O)c(=Cc4ccccc4)n(C)c3=O)c1)CC2. The van der Waals surface area contributed by atoms with E-state index in [2.05, 4.69) is 15.2 Å². The molecule has 0 fully saturated rings. The second-order valence-corrected chi connectivity index (χ2v) is 10.2. The van der Waals surface area contributed by atoms with Gasteiger partial charge in [-0.2, -0.15) is 0 Å². The summed E-state index contributed by atoms with van der Waals surface area (Å²) in [4.78, 5) is 43.8. The lowest BCUT2D eigenvalue weighted by Crippen LogP contribution is -2.52. The summed E-state index contributed by atoms with van der Waals surface area (Å²) >= 11 is 0. The molecule has 1 aliphatic heterocycles. The average molecular weight is 567 g/mol. The predicted octanol–water partition coefficient (Wildman–Crippen LogP) is 1.54. The summed E-state index contributed by atoms with van der Waals surface area (Å²) in [7, 11) is 4.84. The first-order valence-corrected chi connectivity index (χ1v) is 13.8. The maximum Gasteiger partial charge on any atom is 0.274 e. The lowest BCUT2D eigenvalue weighted by Gasteiger charge is -2.29. The Bertz CT molecular complexity index is 1840. The van der Waals surface area contributed by atoms with Crippen LogP contribution in [0.2, 0.25) is 0 Å². The van der Waals surface area contributed by atoms with E-state index in [1.54, 1.807) is 57.7 Å². The van der Waals surface area contributed by atoms with Crippen molar-refractivity contribution in [3.63, 3.8) is 0 Å². The quantitative estimate of drug-likeness (QED) is 0.335. The van der Waals surface area contributed by atoms with Crippen LogP contribution in [0.25, 0.3) is 12.2 Å². The van der Waals surface area contributed by atoms with E-state index in [4.69, 9.17) is 9.47 Å². The smallest absolute Gasteiger partial charge is 0.274 e. The number of fused-ring (bicyclic) bond motifs is 1. The fourth-order valence-electron chi connectivity index (χ4n) is 5.15. The van der Waals surface area contributed by atoms with Crippen LogP contribution in [0.4, 0.5) is 0 Å². The van der Waals surface area contributed by atoms with Crippen molar-refractivity contribution in [2.75, 3.05) is 33.9 Å². The highest BCUT2D eigenvalue weighted by atomic mass is 16.5. The number of methoxy groups -OCH3 is 2. The van der Waals surface area contributed by atoms with Gasteiger partial charge in [-0.25, -0.2) is 0 Å².